The molecule has 0 saturated carbocycles. The summed E-state index contributed by atoms with van der Waals surface area (Å²) in [5.74, 6) is 1.65. The third-order valence-electron chi connectivity index (χ3n) is 5.87. The number of hydrogen-bond acceptors (Lipinski definition) is 6. The number of hydrazine groups is 1. The van der Waals surface area contributed by atoms with Crippen molar-refractivity contribution in [2.45, 2.75) is 32.2 Å². The number of likely N-dealkylation sites (N-methyl/N-ethyl adjacent to an activating group) is 1. The molecule has 25 heavy (non-hydrogen) atoms. The van der Waals surface area contributed by atoms with E-state index in [1.54, 1.807) is 11.3 Å². The Balaban J connectivity index is 1.56. The number of nitrogens with one attached hydrogen (secondary N) is 2. The number of allylic oxidation sites excluding steroid dienone is 1. The quantitative estimate of drug-likeness (QED) is 0.864. The van der Waals surface area contributed by atoms with Crippen molar-refractivity contribution in [1.29, 1.82) is 0 Å². The first kappa shape index (κ1) is 15.5. The van der Waals surface area contributed by atoms with Crippen molar-refractivity contribution in [3.05, 3.63) is 32.8 Å². The Kier molecular flexibility index (Phi) is 3.52. The zero-order valence-corrected chi connectivity index (χ0v) is 15.4. The van der Waals surface area contributed by atoms with Crippen LogP contribution in [0.2, 0.25) is 0 Å². The molecule has 6 heterocycles. The number of aromatic nitrogens is 2. The minimum Gasteiger partial charge on any atom is -0.323 e. The van der Waals surface area contributed by atoms with Gasteiger partial charge in [0.1, 0.15) is 10.5 Å². The SMILES string of the molecule is CC1=C(c2cc3nc([C@H]4CC5CCN4CC5)[nH]c(=O)c3s2)CN(C)N1. The topological polar surface area (TPSA) is 64.3 Å². The maximum Gasteiger partial charge on any atom is 0.268 e. The second-order valence-electron chi connectivity index (χ2n) is 7.58. The summed E-state index contributed by atoms with van der Waals surface area (Å²) in [6.45, 7) is 5.20. The van der Waals surface area contributed by atoms with Crippen LogP contribution in [0.5, 0.6) is 0 Å². The Bertz CT molecular complexity index is 921. The molecule has 0 aliphatic carbocycles. The summed E-state index contributed by atoms with van der Waals surface area (Å²) >= 11 is 1.55. The fourth-order valence-corrected chi connectivity index (χ4v) is 5.61. The van der Waals surface area contributed by atoms with Gasteiger partial charge in [-0.15, -0.1) is 11.3 Å². The molecular formula is C18H23N5OS. The van der Waals surface area contributed by atoms with E-state index in [2.05, 4.69) is 33.3 Å². The highest BCUT2D eigenvalue weighted by atomic mass is 32.1. The lowest BCUT2D eigenvalue weighted by atomic mass is 9.83. The largest absolute Gasteiger partial charge is 0.323 e. The molecule has 4 aliphatic rings. The molecule has 0 aromatic carbocycles. The van der Waals surface area contributed by atoms with Crippen molar-refractivity contribution >= 4 is 27.1 Å². The van der Waals surface area contributed by atoms with E-state index in [1.807, 2.05) is 7.05 Å². The third-order valence-corrected chi connectivity index (χ3v) is 7.05. The fraction of sp³-hybridized carbons (Fsp3) is 0.556. The highest BCUT2D eigenvalue weighted by molar-refractivity contribution is 7.19. The number of nitrogens with zero attached hydrogens (tertiary/aromatic N) is 3. The number of piperidine rings is 3. The zero-order chi connectivity index (χ0) is 17.1. The lowest BCUT2D eigenvalue weighted by Gasteiger charge is -2.44. The molecule has 4 aliphatic heterocycles. The lowest BCUT2D eigenvalue weighted by Crippen LogP contribution is -2.44. The molecule has 132 valence electrons. The average Bonchev–Trinajstić information content (AvgIpc) is 3.18. The van der Waals surface area contributed by atoms with Gasteiger partial charge in [0.15, 0.2) is 0 Å². The first-order valence-electron chi connectivity index (χ1n) is 9.04. The summed E-state index contributed by atoms with van der Waals surface area (Å²) in [5.41, 5.74) is 6.58. The first-order chi connectivity index (χ1) is 12.1. The van der Waals surface area contributed by atoms with Crippen molar-refractivity contribution in [3.8, 4) is 0 Å². The number of hydrogen-bond donors (Lipinski definition) is 2. The van der Waals surface area contributed by atoms with E-state index >= 15 is 0 Å². The molecule has 6 nitrogen and oxygen atoms in total. The molecule has 1 atom stereocenters. The molecule has 0 radical (unpaired) electrons. The second-order valence-corrected chi connectivity index (χ2v) is 8.63. The summed E-state index contributed by atoms with van der Waals surface area (Å²) in [4.78, 5) is 24.3. The number of thiophene rings is 1. The molecule has 3 saturated heterocycles. The highest BCUT2D eigenvalue weighted by Crippen LogP contribution is 2.39. The zero-order valence-electron chi connectivity index (χ0n) is 14.6. The van der Waals surface area contributed by atoms with Gasteiger partial charge in [-0.3, -0.25) is 9.69 Å². The summed E-state index contributed by atoms with van der Waals surface area (Å²) in [6.07, 6.45) is 3.71. The molecule has 2 aromatic heterocycles. The molecule has 2 N–H and O–H groups in total. The summed E-state index contributed by atoms with van der Waals surface area (Å²) in [6, 6.07) is 2.38. The Morgan fingerprint density at radius 1 is 1.32 bits per heavy atom. The molecule has 0 amide bonds. The molecular weight excluding hydrogens is 334 g/mol. The number of fused-ring (bicyclic) bond motifs is 4. The Morgan fingerprint density at radius 3 is 2.76 bits per heavy atom. The van der Waals surface area contributed by atoms with E-state index < -0.39 is 0 Å². The van der Waals surface area contributed by atoms with Gasteiger partial charge in [-0.25, -0.2) is 9.99 Å². The van der Waals surface area contributed by atoms with Crippen LogP contribution in [0.3, 0.4) is 0 Å². The Morgan fingerprint density at radius 2 is 2.12 bits per heavy atom. The predicted molar refractivity (Wildman–Crippen MR) is 100 cm³/mol. The van der Waals surface area contributed by atoms with Crippen molar-refractivity contribution in [3.63, 3.8) is 0 Å². The van der Waals surface area contributed by atoms with Crippen LogP contribution in [0.4, 0.5) is 0 Å². The molecule has 7 heteroatoms. The Hall–Kier alpha value is -1.70. The normalized spacial score (nSPS) is 29.6. The fourth-order valence-electron chi connectivity index (χ4n) is 4.53. The van der Waals surface area contributed by atoms with E-state index in [0.717, 1.165) is 58.6 Å². The van der Waals surface area contributed by atoms with E-state index in [0.29, 0.717) is 0 Å². The maximum absolute atomic E-state index is 12.7. The van der Waals surface area contributed by atoms with E-state index in [1.165, 1.54) is 18.4 Å². The van der Waals surface area contributed by atoms with E-state index in [4.69, 9.17) is 4.98 Å². The van der Waals surface area contributed by atoms with Crippen LogP contribution in [0, 0.1) is 5.92 Å². The summed E-state index contributed by atoms with van der Waals surface area (Å²) in [7, 11) is 2.03. The minimum absolute atomic E-state index is 0.0106. The van der Waals surface area contributed by atoms with Crippen molar-refractivity contribution in [2.24, 2.45) is 5.92 Å². The molecule has 2 aromatic rings. The smallest absolute Gasteiger partial charge is 0.268 e. The standard InChI is InChI=1S/C18H23N5OS/c1-10-12(9-22(2)21-10)15-8-13-16(25-15)18(24)20-17(19-13)14-7-11-3-5-23(14)6-4-11/h8,11,14,21H,3-7,9H2,1-2H3,(H,19,20,24)/t14-/m1/s1. The first-order valence-corrected chi connectivity index (χ1v) is 9.86. The van der Waals surface area contributed by atoms with Crippen LogP contribution < -0.4 is 11.0 Å². The van der Waals surface area contributed by atoms with Crippen LogP contribution in [0.15, 0.2) is 16.6 Å². The maximum atomic E-state index is 12.7. The number of aromatic amines is 1. The summed E-state index contributed by atoms with van der Waals surface area (Å²) in [5, 5.41) is 2.06. The van der Waals surface area contributed by atoms with Gasteiger partial charge in [0, 0.05) is 29.7 Å². The van der Waals surface area contributed by atoms with Crippen LogP contribution in [0.25, 0.3) is 15.8 Å². The van der Waals surface area contributed by atoms with Gasteiger partial charge < -0.3 is 10.4 Å². The van der Waals surface area contributed by atoms with Gasteiger partial charge in [0.25, 0.3) is 5.56 Å². The Labute approximate surface area is 150 Å². The van der Waals surface area contributed by atoms with Gasteiger partial charge in [0.05, 0.1) is 11.6 Å². The average molecular weight is 357 g/mol. The van der Waals surface area contributed by atoms with Crippen LogP contribution in [0.1, 0.15) is 42.9 Å². The third kappa shape index (κ3) is 2.53. The monoisotopic (exact) mass is 357 g/mol. The van der Waals surface area contributed by atoms with Crippen LogP contribution in [-0.2, 0) is 0 Å². The van der Waals surface area contributed by atoms with Crippen molar-refractivity contribution in [2.75, 3.05) is 26.7 Å². The van der Waals surface area contributed by atoms with Crippen molar-refractivity contribution < 1.29 is 0 Å². The summed E-state index contributed by atoms with van der Waals surface area (Å²) < 4.78 is 0.740. The molecule has 0 spiro atoms. The van der Waals surface area contributed by atoms with E-state index in [9.17, 15) is 4.79 Å². The highest BCUT2D eigenvalue weighted by Gasteiger charge is 2.36. The number of rotatable bonds is 2. The van der Waals surface area contributed by atoms with Gasteiger partial charge in [0.2, 0.25) is 0 Å². The van der Waals surface area contributed by atoms with Crippen molar-refractivity contribution in [1.82, 2.24) is 25.3 Å². The number of H-pyrrole nitrogens is 1. The van der Waals surface area contributed by atoms with Crippen LogP contribution >= 0.6 is 11.3 Å². The van der Waals surface area contributed by atoms with Gasteiger partial charge >= 0.3 is 0 Å². The van der Waals surface area contributed by atoms with Gasteiger partial charge in [-0.2, -0.15) is 0 Å². The van der Waals surface area contributed by atoms with E-state index in [-0.39, 0.29) is 11.6 Å². The molecule has 3 fully saturated rings. The molecule has 2 bridgehead atoms. The second kappa shape index (κ2) is 5.65. The molecule has 0 unspecified atom stereocenters. The lowest BCUT2D eigenvalue weighted by molar-refractivity contribution is 0.0445. The van der Waals surface area contributed by atoms with Crippen LogP contribution in [-0.4, -0.2) is 46.6 Å². The predicted octanol–water partition coefficient (Wildman–Crippen LogP) is 2.32. The minimum atomic E-state index is 0.0106. The van der Waals surface area contributed by atoms with Gasteiger partial charge in [-0.05, 0) is 51.3 Å². The molecule has 6 rings (SSSR count). The van der Waals surface area contributed by atoms with Gasteiger partial charge in [-0.1, -0.05) is 0 Å².